The predicted molar refractivity (Wildman–Crippen MR) is 73.9 cm³/mol. The average Bonchev–Trinajstić information content (AvgIpc) is 3.14. The molecule has 0 saturated heterocycles. The van der Waals surface area contributed by atoms with Crippen molar-refractivity contribution in [3.05, 3.63) is 17.0 Å². The van der Waals surface area contributed by atoms with Gasteiger partial charge < -0.3 is 9.42 Å². The summed E-state index contributed by atoms with van der Waals surface area (Å²) in [5.74, 6) is 1.87. The Kier molecular flexibility index (Phi) is 4.61. The fourth-order valence-corrected chi connectivity index (χ4v) is 2.45. The van der Waals surface area contributed by atoms with Gasteiger partial charge in [0.15, 0.2) is 0 Å². The first-order valence-corrected chi connectivity index (χ1v) is 7.31. The maximum atomic E-state index is 12.3. The summed E-state index contributed by atoms with van der Waals surface area (Å²) < 4.78 is 5.14. The van der Waals surface area contributed by atoms with Gasteiger partial charge in [-0.05, 0) is 45.4 Å². The molecule has 0 N–H and O–H groups in total. The lowest BCUT2D eigenvalue weighted by molar-refractivity contribution is -0.131. The molecule has 0 atom stereocenters. The van der Waals surface area contributed by atoms with Gasteiger partial charge in [-0.2, -0.15) is 0 Å². The van der Waals surface area contributed by atoms with Gasteiger partial charge in [-0.25, -0.2) is 0 Å². The number of carbonyl (C=O) groups is 1. The molecule has 1 aliphatic carbocycles. The highest BCUT2D eigenvalue weighted by molar-refractivity contribution is 5.76. The molecule has 1 aliphatic rings. The van der Waals surface area contributed by atoms with Gasteiger partial charge in [-0.15, -0.1) is 0 Å². The third-order valence-corrected chi connectivity index (χ3v) is 3.79. The Morgan fingerprint density at radius 2 is 2.16 bits per heavy atom. The summed E-state index contributed by atoms with van der Waals surface area (Å²) >= 11 is 0. The van der Waals surface area contributed by atoms with E-state index in [1.807, 2.05) is 18.7 Å². The zero-order valence-corrected chi connectivity index (χ0v) is 12.2. The van der Waals surface area contributed by atoms with E-state index in [1.54, 1.807) is 0 Å². The Bertz CT molecular complexity index is 416. The van der Waals surface area contributed by atoms with E-state index in [0.717, 1.165) is 48.9 Å². The van der Waals surface area contributed by atoms with Gasteiger partial charge in [0.2, 0.25) is 5.91 Å². The van der Waals surface area contributed by atoms with E-state index in [-0.39, 0.29) is 5.91 Å². The maximum Gasteiger partial charge on any atom is 0.222 e. The van der Waals surface area contributed by atoms with E-state index in [1.165, 1.54) is 12.8 Å². The van der Waals surface area contributed by atoms with Crippen molar-refractivity contribution in [1.29, 1.82) is 0 Å². The van der Waals surface area contributed by atoms with Gasteiger partial charge in [0, 0.05) is 25.1 Å². The number of carbonyl (C=O) groups excluding carboxylic acids is 1. The summed E-state index contributed by atoms with van der Waals surface area (Å²) in [5, 5.41) is 3.93. The number of aryl methyl sites for hydroxylation is 2. The van der Waals surface area contributed by atoms with E-state index in [9.17, 15) is 4.79 Å². The van der Waals surface area contributed by atoms with Crippen LogP contribution in [0, 0.1) is 19.8 Å². The zero-order valence-electron chi connectivity index (χ0n) is 12.2. The molecule has 1 amide bonds. The second kappa shape index (κ2) is 6.22. The summed E-state index contributed by atoms with van der Waals surface area (Å²) in [6.45, 7) is 7.81. The molecule has 1 aromatic heterocycles. The highest BCUT2D eigenvalue weighted by atomic mass is 16.5. The van der Waals surface area contributed by atoms with Gasteiger partial charge in [0.1, 0.15) is 5.76 Å². The number of nitrogens with zero attached hydrogens (tertiary/aromatic N) is 2. The van der Waals surface area contributed by atoms with Crippen LogP contribution in [0.15, 0.2) is 4.52 Å². The predicted octanol–water partition coefficient (Wildman–Crippen LogP) is 2.87. The highest BCUT2D eigenvalue weighted by Gasteiger charge is 2.26. The molecule has 0 bridgehead atoms. The molecule has 4 nitrogen and oxygen atoms in total. The third kappa shape index (κ3) is 3.82. The van der Waals surface area contributed by atoms with Gasteiger partial charge in [-0.3, -0.25) is 4.79 Å². The lowest BCUT2D eigenvalue weighted by Gasteiger charge is -2.22. The first-order chi connectivity index (χ1) is 9.11. The molecule has 19 heavy (non-hydrogen) atoms. The van der Waals surface area contributed by atoms with E-state index in [0.29, 0.717) is 6.42 Å². The molecular weight excluding hydrogens is 240 g/mol. The SMILES string of the molecule is CCCN(CC1CC1)C(=O)CCc1c(C)noc1C. The number of hydrogen-bond acceptors (Lipinski definition) is 3. The van der Waals surface area contributed by atoms with Crippen LogP contribution in [0.5, 0.6) is 0 Å². The maximum absolute atomic E-state index is 12.3. The van der Waals surface area contributed by atoms with Crippen LogP contribution in [0.2, 0.25) is 0 Å². The lowest BCUT2D eigenvalue weighted by Crippen LogP contribution is -2.33. The molecule has 0 aromatic carbocycles. The topological polar surface area (TPSA) is 46.3 Å². The number of amides is 1. The summed E-state index contributed by atoms with van der Waals surface area (Å²) in [7, 11) is 0. The van der Waals surface area contributed by atoms with Crippen molar-refractivity contribution in [3.63, 3.8) is 0 Å². The molecule has 1 heterocycles. The molecule has 106 valence electrons. The van der Waals surface area contributed by atoms with Crippen LogP contribution in [0.25, 0.3) is 0 Å². The second-order valence-corrected chi connectivity index (χ2v) is 5.59. The van der Waals surface area contributed by atoms with Crippen molar-refractivity contribution in [1.82, 2.24) is 10.1 Å². The minimum atomic E-state index is 0.272. The minimum Gasteiger partial charge on any atom is -0.361 e. The minimum absolute atomic E-state index is 0.272. The standard InChI is InChI=1S/C15H24N2O2/c1-4-9-17(10-13-5-6-13)15(18)8-7-14-11(2)16-19-12(14)3/h13H,4-10H2,1-3H3. The fourth-order valence-electron chi connectivity index (χ4n) is 2.45. The van der Waals surface area contributed by atoms with E-state index in [4.69, 9.17) is 4.52 Å². The quantitative estimate of drug-likeness (QED) is 0.760. The van der Waals surface area contributed by atoms with Gasteiger partial charge in [0.05, 0.1) is 5.69 Å². The van der Waals surface area contributed by atoms with Crippen LogP contribution in [0.4, 0.5) is 0 Å². The Balaban J connectivity index is 1.87. The Morgan fingerprint density at radius 3 is 2.68 bits per heavy atom. The van der Waals surface area contributed by atoms with Crippen molar-refractivity contribution < 1.29 is 9.32 Å². The zero-order chi connectivity index (χ0) is 13.8. The number of hydrogen-bond donors (Lipinski definition) is 0. The van der Waals surface area contributed by atoms with Crippen molar-refractivity contribution in [3.8, 4) is 0 Å². The molecule has 0 radical (unpaired) electrons. The van der Waals surface area contributed by atoms with Crippen LogP contribution in [-0.2, 0) is 11.2 Å². The van der Waals surface area contributed by atoms with Crippen LogP contribution in [0.3, 0.4) is 0 Å². The smallest absolute Gasteiger partial charge is 0.222 e. The van der Waals surface area contributed by atoms with Crippen LogP contribution >= 0.6 is 0 Å². The summed E-state index contributed by atoms with van der Waals surface area (Å²) in [4.78, 5) is 14.3. The summed E-state index contributed by atoms with van der Waals surface area (Å²) in [6.07, 6.45) is 4.92. The molecule has 0 spiro atoms. The second-order valence-electron chi connectivity index (χ2n) is 5.59. The molecule has 1 saturated carbocycles. The Labute approximate surface area is 115 Å². The normalized spacial score (nSPS) is 14.7. The van der Waals surface area contributed by atoms with Crippen LogP contribution < -0.4 is 0 Å². The van der Waals surface area contributed by atoms with E-state index < -0.39 is 0 Å². The monoisotopic (exact) mass is 264 g/mol. The van der Waals surface area contributed by atoms with Crippen molar-refractivity contribution >= 4 is 5.91 Å². The highest BCUT2D eigenvalue weighted by Crippen LogP contribution is 2.30. The summed E-state index contributed by atoms with van der Waals surface area (Å²) in [6, 6.07) is 0. The number of rotatable bonds is 7. The Morgan fingerprint density at radius 1 is 1.42 bits per heavy atom. The third-order valence-electron chi connectivity index (χ3n) is 3.79. The van der Waals surface area contributed by atoms with Gasteiger partial charge >= 0.3 is 0 Å². The molecule has 4 heteroatoms. The summed E-state index contributed by atoms with van der Waals surface area (Å²) in [5.41, 5.74) is 2.01. The van der Waals surface area contributed by atoms with E-state index >= 15 is 0 Å². The number of aromatic nitrogens is 1. The van der Waals surface area contributed by atoms with Crippen molar-refractivity contribution in [2.75, 3.05) is 13.1 Å². The first kappa shape index (κ1) is 14.1. The Hall–Kier alpha value is -1.32. The van der Waals surface area contributed by atoms with E-state index in [2.05, 4.69) is 12.1 Å². The molecule has 0 aliphatic heterocycles. The molecule has 1 aromatic rings. The van der Waals surface area contributed by atoms with Crippen LogP contribution in [0.1, 0.15) is 49.6 Å². The molecule has 1 fully saturated rings. The van der Waals surface area contributed by atoms with Crippen molar-refractivity contribution in [2.24, 2.45) is 5.92 Å². The first-order valence-electron chi connectivity index (χ1n) is 7.31. The fraction of sp³-hybridized carbons (Fsp3) is 0.733. The van der Waals surface area contributed by atoms with Crippen molar-refractivity contribution in [2.45, 2.75) is 52.9 Å². The molecule has 0 unspecified atom stereocenters. The largest absolute Gasteiger partial charge is 0.361 e. The molecular formula is C15H24N2O2. The average molecular weight is 264 g/mol. The van der Waals surface area contributed by atoms with Crippen LogP contribution in [-0.4, -0.2) is 29.1 Å². The lowest BCUT2D eigenvalue weighted by atomic mass is 10.1. The molecule has 2 rings (SSSR count). The van der Waals surface area contributed by atoms with Gasteiger partial charge in [-0.1, -0.05) is 12.1 Å². The van der Waals surface area contributed by atoms with Gasteiger partial charge in [0.25, 0.3) is 0 Å².